The van der Waals surface area contributed by atoms with Crippen molar-refractivity contribution in [1.29, 1.82) is 0 Å². The fourth-order valence-electron chi connectivity index (χ4n) is 0.839. The van der Waals surface area contributed by atoms with Crippen LogP contribution in [0.2, 0.25) is 0 Å². The molecule has 0 unspecified atom stereocenters. The van der Waals surface area contributed by atoms with Gasteiger partial charge >= 0.3 is 0 Å². The van der Waals surface area contributed by atoms with E-state index >= 15 is 0 Å². The lowest BCUT2D eigenvalue weighted by molar-refractivity contribution is 0.0634. The maximum atomic E-state index is 10.5. The fraction of sp³-hybridized carbons (Fsp3) is 1.00. The van der Waals surface area contributed by atoms with Crippen molar-refractivity contribution in [1.82, 2.24) is 0 Å². The first kappa shape index (κ1) is 10.9. The van der Waals surface area contributed by atoms with Crippen molar-refractivity contribution in [2.45, 2.75) is 39.0 Å². The number of hydrogen-bond donors (Lipinski definition) is 2. The topological polar surface area (TPSA) is 54.4 Å². The average molecular weight is 180 g/mol. The Hall–Kier alpha value is -0.0900. The second-order valence-corrected chi connectivity index (χ2v) is 5.22. The number of hydrogen-bond acceptors (Lipinski definition) is 3. The molecule has 0 bridgehead atoms. The molecule has 0 aliphatic heterocycles. The zero-order valence-corrected chi connectivity index (χ0v) is 8.26. The molecule has 0 aromatic carbocycles. The molecular weight excluding hydrogens is 164 g/mol. The van der Waals surface area contributed by atoms with Gasteiger partial charge in [-0.05, 0) is 12.3 Å². The Bertz CT molecular complexity index is 182. The van der Waals surface area contributed by atoms with Crippen LogP contribution in [-0.2, 0) is 10.7 Å². The van der Waals surface area contributed by atoms with Crippen molar-refractivity contribution in [3.63, 3.8) is 0 Å². The van der Waals surface area contributed by atoms with E-state index in [2.05, 4.69) is 0 Å². The molecule has 11 heavy (non-hydrogen) atoms. The molecule has 0 spiro atoms. The maximum absolute atomic E-state index is 10.5. The summed E-state index contributed by atoms with van der Waals surface area (Å²) in [6, 6.07) is 0. The lowest BCUT2D eigenvalue weighted by atomic mass is 9.87. The molecule has 68 valence electrons. The van der Waals surface area contributed by atoms with Gasteiger partial charge in [-0.2, -0.15) is 0 Å². The molecule has 0 aliphatic rings. The summed E-state index contributed by atoms with van der Waals surface area (Å²) in [7, 11) is -2.52. The predicted molar refractivity (Wildman–Crippen MR) is 45.2 cm³/mol. The molecule has 0 aliphatic carbocycles. The van der Waals surface area contributed by atoms with Crippen molar-refractivity contribution in [2.75, 3.05) is 0 Å². The van der Waals surface area contributed by atoms with Gasteiger partial charge in [0.2, 0.25) is 0 Å². The van der Waals surface area contributed by atoms with Gasteiger partial charge < -0.3 is 5.11 Å². The molecule has 0 aromatic heterocycles. The summed E-state index contributed by atoms with van der Waals surface area (Å²) in [5.74, 6) is 0. The van der Waals surface area contributed by atoms with Crippen LogP contribution in [0.5, 0.6) is 0 Å². The zero-order valence-electron chi connectivity index (χ0n) is 7.37. The standard InChI is InChI=1S/C7H16O3S/c1-5(11(9)10)6(8)7(2,3)4/h5-6,8,11H,1-4H3/t5-,6+/m0/s1. The SMILES string of the molecule is C[C@@H]([C@@H](O)C(C)(C)C)[SH](=O)=O. The van der Waals surface area contributed by atoms with E-state index in [4.69, 9.17) is 0 Å². The number of thiol groups is 1. The second-order valence-electron chi connectivity index (χ2n) is 3.84. The quantitative estimate of drug-likeness (QED) is 0.605. The van der Waals surface area contributed by atoms with E-state index in [1.165, 1.54) is 6.92 Å². The molecule has 0 saturated heterocycles. The van der Waals surface area contributed by atoms with Gasteiger partial charge in [-0.1, -0.05) is 20.8 Å². The Kier molecular flexibility index (Phi) is 3.51. The molecule has 2 atom stereocenters. The molecule has 3 nitrogen and oxygen atoms in total. The van der Waals surface area contributed by atoms with Gasteiger partial charge in [0.25, 0.3) is 0 Å². The Balaban J connectivity index is 4.37. The van der Waals surface area contributed by atoms with E-state index in [1.807, 2.05) is 20.8 Å². The highest BCUT2D eigenvalue weighted by Crippen LogP contribution is 2.22. The van der Waals surface area contributed by atoms with Crippen LogP contribution in [0.4, 0.5) is 0 Å². The van der Waals surface area contributed by atoms with Gasteiger partial charge in [-0.25, -0.2) is 8.42 Å². The zero-order chi connectivity index (χ0) is 9.23. The Morgan fingerprint density at radius 2 is 1.64 bits per heavy atom. The van der Waals surface area contributed by atoms with Crippen molar-refractivity contribution < 1.29 is 13.5 Å². The minimum atomic E-state index is -2.52. The van der Waals surface area contributed by atoms with E-state index in [0.717, 1.165) is 0 Å². The summed E-state index contributed by atoms with van der Waals surface area (Å²) in [6.07, 6.45) is -0.788. The average Bonchev–Trinajstić information content (AvgIpc) is 1.82. The molecule has 0 fully saturated rings. The van der Waals surface area contributed by atoms with E-state index in [1.54, 1.807) is 0 Å². The molecule has 0 saturated carbocycles. The van der Waals surface area contributed by atoms with Gasteiger partial charge in [0.05, 0.1) is 11.4 Å². The fourth-order valence-corrected chi connectivity index (χ4v) is 1.52. The second kappa shape index (κ2) is 3.54. The van der Waals surface area contributed by atoms with Gasteiger partial charge in [-0.3, -0.25) is 0 Å². The van der Waals surface area contributed by atoms with Crippen molar-refractivity contribution >= 4 is 10.7 Å². The normalized spacial score (nSPS) is 18.4. The molecule has 0 rings (SSSR count). The molecule has 1 N–H and O–H groups in total. The van der Waals surface area contributed by atoms with Gasteiger partial charge in [0, 0.05) is 0 Å². The van der Waals surface area contributed by atoms with Crippen LogP contribution in [0.25, 0.3) is 0 Å². The lowest BCUT2D eigenvalue weighted by Crippen LogP contribution is -2.36. The summed E-state index contributed by atoms with van der Waals surface area (Å²) in [4.78, 5) is 0. The van der Waals surface area contributed by atoms with E-state index in [9.17, 15) is 13.5 Å². The van der Waals surface area contributed by atoms with Crippen LogP contribution < -0.4 is 0 Å². The van der Waals surface area contributed by atoms with E-state index < -0.39 is 22.1 Å². The highest BCUT2D eigenvalue weighted by molar-refractivity contribution is 7.73. The Morgan fingerprint density at radius 1 is 1.27 bits per heavy atom. The third-order valence-electron chi connectivity index (χ3n) is 1.68. The monoisotopic (exact) mass is 180 g/mol. The van der Waals surface area contributed by atoms with Gasteiger partial charge in [0.1, 0.15) is 10.7 Å². The molecule has 0 amide bonds. The summed E-state index contributed by atoms with van der Waals surface area (Å²) in [6.45, 7) is 6.95. The molecular formula is C7H16O3S. The highest BCUT2D eigenvalue weighted by atomic mass is 32.2. The lowest BCUT2D eigenvalue weighted by Gasteiger charge is -2.27. The Morgan fingerprint density at radius 3 is 1.73 bits per heavy atom. The van der Waals surface area contributed by atoms with E-state index in [0.29, 0.717) is 0 Å². The van der Waals surface area contributed by atoms with Crippen molar-refractivity contribution in [2.24, 2.45) is 5.41 Å². The van der Waals surface area contributed by atoms with Crippen LogP contribution in [0.3, 0.4) is 0 Å². The predicted octanol–water partition coefficient (Wildman–Crippen LogP) is 0.393. The third-order valence-corrected chi connectivity index (χ3v) is 2.62. The molecule has 0 heterocycles. The maximum Gasteiger partial charge on any atom is 0.145 e. The number of aliphatic hydroxyl groups excluding tert-OH is 1. The first-order valence-electron chi connectivity index (χ1n) is 3.58. The minimum Gasteiger partial charge on any atom is -0.391 e. The van der Waals surface area contributed by atoms with Crippen LogP contribution >= 0.6 is 0 Å². The smallest absolute Gasteiger partial charge is 0.145 e. The van der Waals surface area contributed by atoms with Crippen LogP contribution in [-0.4, -0.2) is 24.9 Å². The summed E-state index contributed by atoms with van der Waals surface area (Å²) in [5, 5.41) is 8.78. The Labute approximate surface area is 69.4 Å². The summed E-state index contributed by atoms with van der Waals surface area (Å²) < 4.78 is 20.9. The first-order valence-corrected chi connectivity index (χ1v) is 4.83. The van der Waals surface area contributed by atoms with Crippen molar-refractivity contribution in [3.05, 3.63) is 0 Å². The number of rotatable bonds is 2. The summed E-state index contributed by atoms with van der Waals surface area (Å²) in [5.41, 5.74) is -0.366. The van der Waals surface area contributed by atoms with Crippen LogP contribution in [0.15, 0.2) is 0 Å². The van der Waals surface area contributed by atoms with Crippen molar-refractivity contribution in [3.8, 4) is 0 Å². The number of aliphatic hydroxyl groups is 1. The largest absolute Gasteiger partial charge is 0.391 e. The van der Waals surface area contributed by atoms with E-state index in [-0.39, 0.29) is 5.41 Å². The minimum absolute atomic E-state index is 0.366. The highest BCUT2D eigenvalue weighted by Gasteiger charge is 2.29. The van der Waals surface area contributed by atoms with Crippen LogP contribution in [0.1, 0.15) is 27.7 Å². The third kappa shape index (κ3) is 3.20. The van der Waals surface area contributed by atoms with Crippen LogP contribution in [0, 0.1) is 5.41 Å². The molecule has 4 heteroatoms. The molecule has 0 aromatic rings. The first-order chi connectivity index (χ1) is 4.76. The van der Waals surface area contributed by atoms with Gasteiger partial charge in [0.15, 0.2) is 0 Å². The molecule has 0 radical (unpaired) electrons. The van der Waals surface area contributed by atoms with Gasteiger partial charge in [-0.15, -0.1) is 0 Å². The summed E-state index contributed by atoms with van der Waals surface area (Å²) >= 11 is 0.